The first-order valence-electron chi connectivity index (χ1n) is 9.71. The number of rotatable bonds is 7. The average molecular weight is 432 g/mol. The summed E-state index contributed by atoms with van der Waals surface area (Å²) in [5, 5.41) is 0. The Morgan fingerprint density at radius 2 is 1.45 bits per heavy atom. The van der Waals surface area contributed by atoms with E-state index in [1.807, 2.05) is 30.3 Å². The van der Waals surface area contributed by atoms with E-state index < -0.39 is 0 Å². The Morgan fingerprint density at radius 3 is 2.13 bits per heavy atom. The quantitative estimate of drug-likeness (QED) is 0.497. The van der Waals surface area contributed by atoms with Gasteiger partial charge in [0.1, 0.15) is 11.5 Å². The summed E-state index contributed by atoms with van der Waals surface area (Å²) in [5.74, 6) is 1.01. The molecule has 0 saturated heterocycles. The Balaban J connectivity index is 1.76. The monoisotopic (exact) mass is 431 g/mol. The summed E-state index contributed by atoms with van der Waals surface area (Å²) in [7, 11) is 3.11. The van der Waals surface area contributed by atoms with E-state index in [2.05, 4.69) is 0 Å². The van der Waals surface area contributed by atoms with Gasteiger partial charge in [0.15, 0.2) is 0 Å². The van der Waals surface area contributed by atoms with E-state index in [1.165, 1.54) is 23.8 Å². The van der Waals surface area contributed by atoms with Crippen molar-refractivity contribution in [3.63, 3.8) is 0 Å². The molecule has 0 fully saturated rings. The molecule has 2 amide bonds. The van der Waals surface area contributed by atoms with Crippen molar-refractivity contribution in [3.8, 4) is 11.5 Å². The van der Waals surface area contributed by atoms with Crippen molar-refractivity contribution < 1.29 is 19.1 Å². The predicted molar refractivity (Wildman–Crippen MR) is 123 cm³/mol. The molecular formula is C25H21NO4S. The molecule has 5 nitrogen and oxygen atoms in total. The topological polar surface area (TPSA) is 55.8 Å². The Kier molecular flexibility index (Phi) is 6.09. The fourth-order valence-electron chi connectivity index (χ4n) is 3.42. The van der Waals surface area contributed by atoms with Crippen LogP contribution in [0.4, 0.5) is 5.69 Å². The van der Waals surface area contributed by atoms with Crippen molar-refractivity contribution in [1.82, 2.24) is 0 Å². The van der Waals surface area contributed by atoms with Gasteiger partial charge in [-0.25, -0.2) is 4.90 Å². The predicted octanol–water partition coefficient (Wildman–Crippen LogP) is 4.92. The number of benzene rings is 3. The van der Waals surface area contributed by atoms with Crippen molar-refractivity contribution in [2.45, 2.75) is 5.75 Å². The fraction of sp³-hybridized carbons (Fsp3) is 0.120. The van der Waals surface area contributed by atoms with Gasteiger partial charge in [-0.3, -0.25) is 9.59 Å². The van der Waals surface area contributed by atoms with Crippen molar-refractivity contribution in [2.75, 3.05) is 19.1 Å². The fourth-order valence-corrected chi connectivity index (χ4v) is 4.49. The van der Waals surface area contributed by atoms with E-state index in [-0.39, 0.29) is 11.8 Å². The molecule has 156 valence electrons. The van der Waals surface area contributed by atoms with Crippen LogP contribution in [0.3, 0.4) is 0 Å². The van der Waals surface area contributed by atoms with Gasteiger partial charge in [-0.05, 0) is 35.4 Å². The zero-order valence-corrected chi connectivity index (χ0v) is 18.0. The highest BCUT2D eigenvalue weighted by molar-refractivity contribution is 8.03. The van der Waals surface area contributed by atoms with Crippen LogP contribution in [0, 0.1) is 0 Å². The number of ether oxygens (including phenoxy) is 2. The second-order valence-corrected chi connectivity index (χ2v) is 7.81. The maximum atomic E-state index is 13.5. The maximum Gasteiger partial charge on any atom is 0.272 e. The number of carbonyl (C=O) groups is 2. The first-order valence-corrected chi connectivity index (χ1v) is 10.7. The Labute approximate surface area is 185 Å². The summed E-state index contributed by atoms with van der Waals surface area (Å²) in [6.45, 7) is 0. The number of hydrogen-bond acceptors (Lipinski definition) is 5. The largest absolute Gasteiger partial charge is 0.497 e. The first kappa shape index (κ1) is 20.8. The Morgan fingerprint density at radius 1 is 0.774 bits per heavy atom. The van der Waals surface area contributed by atoms with E-state index in [0.29, 0.717) is 39.0 Å². The number of amides is 2. The van der Waals surface area contributed by atoms with Crippen LogP contribution in [0.25, 0.3) is 5.57 Å². The molecule has 1 aliphatic rings. The highest BCUT2D eigenvalue weighted by Gasteiger charge is 2.41. The minimum atomic E-state index is -0.366. The SMILES string of the molecule is COc1ccc(C2=C(SCc3ccccc3)C(=O)N(c3ccccc3OC)C2=O)cc1. The lowest BCUT2D eigenvalue weighted by molar-refractivity contribution is -0.119. The normalized spacial score (nSPS) is 13.7. The van der Waals surface area contributed by atoms with Crippen LogP contribution in [-0.4, -0.2) is 26.0 Å². The molecule has 31 heavy (non-hydrogen) atoms. The lowest BCUT2D eigenvalue weighted by atomic mass is 10.1. The molecule has 1 aliphatic heterocycles. The molecule has 0 atom stereocenters. The summed E-state index contributed by atoms with van der Waals surface area (Å²) in [6.07, 6.45) is 0. The molecule has 0 N–H and O–H groups in total. The number of thioether (sulfide) groups is 1. The summed E-state index contributed by atoms with van der Waals surface area (Å²) >= 11 is 1.37. The van der Waals surface area contributed by atoms with Gasteiger partial charge in [-0.15, -0.1) is 11.8 Å². The molecule has 0 unspecified atom stereocenters. The van der Waals surface area contributed by atoms with Crippen LogP contribution in [0.5, 0.6) is 11.5 Å². The van der Waals surface area contributed by atoms with Gasteiger partial charge < -0.3 is 9.47 Å². The number of imide groups is 1. The number of anilines is 1. The van der Waals surface area contributed by atoms with Crippen LogP contribution in [0.1, 0.15) is 11.1 Å². The van der Waals surface area contributed by atoms with Gasteiger partial charge in [0.2, 0.25) is 0 Å². The summed E-state index contributed by atoms with van der Waals surface area (Å²) < 4.78 is 10.6. The molecule has 3 aromatic carbocycles. The number of para-hydroxylation sites is 2. The van der Waals surface area contributed by atoms with Crippen LogP contribution in [-0.2, 0) is 15.3 Å². The van der Waals surface area contributed by atoms with E-state index >= 15 is 0 Å². The third-order valence-electron chi connectivity index (χ3n) is 4.97. The average Bonchev–Trinajstić information content (AvgIpc) is 3.07. The van der Waals surface area contributed by atoms with Gasteiger partial charge >= 0.3 is 0 Å². The van der Waals surface area contributed by atoms with Gasteiger partial charge in [0, 0.05) is 5.75 Å². The molecular weight excluding hydrogens is 410 g/mol. The third kappa shape index (κ3) is 4.07. The van der Waals surface area contributed by atoms with Crippen LogP contribution < -0.4 is 14.4 Å². The first-order chi connectivity index (χ1) is 15.1. The molecule has 1 heterocycles. The van der Waals surface area contributed by atoms with Crippen LogP contribution in [0.15, 0.2) is 83.8 Å². The van der Waals surface area contributed by atoms with E-state index in [1.54, 1.807) is 55.6 Å². The minimum Gasteiger partial charge on any atom is -0.497 e. The molecule has 0 spiro atoms. The Bertz CT molecular complexity index is 1140. The van der Waals surface area contributed by atoms with Crippen molar-refractivity contribution in [2.24, 2.45) is 0 Å². The molecule has 6 heteroatoms. The number of nitrogens with zero attached hydrogens (tertiary/aromatic N) is 1. The number of hydrogen-bond donors (Lipinski definition) is 0. The highest BCUT2D eigenvalue weighted by Crippen LogP contribution is 2.42. The molecule has 4 rings (SSSR count). The molecule has 0 bridgehead atoms. The van der Waals surface area contributed by atoms with Crippen molar-refractivity contribution >= 4 is 34.8 Å². The number of carbonyl (C=O) groups excluding carboxylic acids is 2. The summed E-state index contributed by atoms with van der Waals surface area (Å²) in [4.78, 5) is 28.6. The van der Waals surface area contributed by atoms with Crippen LogP contribution in [0.2, 0.25) is 0 Å². The molecule has 0 aliphatic carbocycles. The van der Waals surface area contributed by atoms with Crippen LogP contribution >= 0.6 is 11.8 Å². The number of methoxy groups -OCH3 is 2. The molecule has 0 radical (unpaired) electrons. The maximum absolute atomic E-state index is 13.5. The van der Waals surface area contributed by atoms with Gasteiger partial charge in [-0.2, -0.15) is 0 Å². The van der Waals surface area contributed by atoms with Crippen molar-refractivity contribution in [3.05, 3.63) is 94.9 Å². The standard InChI is InChI=1S/C25H21NO4S/c1-29-19-14-12-18(13-15-19)22-23(31-16-17-8-4-3-5-9-17)25(28)26(24(22)27)20-10-6-7-11-21(20)30-2/h3-15H,16H2,1-2H3. The lowest BCUT2D eigenvalue weighted by Crippen LogP contribution is -2.31. The zero-order chi connectivity index (χ0) is 21.8. The van der Waals surface area contributed by atoms with E-state index in [9.17, 15) is 9.59 Å². The Hall–Kier alpha value is -3.51. The minimum absolute atomic E-state index is 0.346. The van der Waals surface area contributed by atoms with E-state index in [0.717, 1.165) is 5.56 Å². The second kappa shape index (κ2) is 9.10. The molecule has 0 aromatic heterocycles. The van der Waals surface area contributed by atoms with Gasteiger partial charge in [-0.1, -0.05) is 54.6 Å². The van der Waals surface area contributed by atoms with E-state index in [4.69, 9.17) is 9.47 Å². The molecule has 0 saturated carbocycles. The smallest absolute Gasteiger partial charge is 0.272 e. The molecule has 3 aromatic rings. The highest BCUT2D eigenvalue weighted by atomic mass is 32.2. The summed E-state index contributed by atoms with van der Waals surface area (Å²) in [6, 6.07) is 24.1. The van der Waals surface area contributed by atoms with Gasteiger partial charge in [0.05, 0.1) is 30.4 Å². The summed E-state index contributed by atoms with van der Waals surface area (Å²) in [5.41, 5.74) is 2.57. The second-order valence-electron chi connectivity index (χ2n) is 6.82. The third-order valence-corrected chi connectivity index (χ3v) is 6.12. The zero-order valence-electron chi connectivity index (χ0n) is 17.2. The lowest BCUT2D eigenvalue weighted by Gasteiger charge is -2.18. The van der Waals surface area contributed by atoms with Gasteiger partial charge in [0.25, 0.3) is 11.8 Å². The van der Waals surface area contributed by atoms with Crippen molar-refractivity contribution in [1.29, 1.82) is 0 Å².